The number of rotatable bonds is 4. The van der Waals surface area contributed by atoms with Gasteiger partial charge in [-0.15, -0.1) is 0 Å². The van der Waals surface area contributed by atoms with Crippen molar-refractivity contribution in [2.24, 2.45) is 0 Å². The van der Waals surface area contributed by atoms with E-state index in [1.165, 1.54) is 22.8 Å². The second-order valence-electron chi connectivity index (χ2n) is 3.72. The van der Waals surface area contributed by atoms with Crippen LogP contribution < -0.4 is 5.32 Å². The maximum absolute atomic E-state index is 4.19. The smallest absolute Gasteiger partial charge is 0.0349 e. The molecule has 0 radical (unpaired) electrons. The molecule has 0 fully saturated rings. The van der Waals surface area contributed by atoms with E-state index in [9.17, 15) is 0 Å². The Hall–Kier alpha value is -1.41. The monoisotopic (exact) mass is 200 g/mol. The zero-order valence-corrected chi connectivity index (χ0v) is 9.03. The van der Waals surface area contributed by atoms with Gasteiger partial charge >= 0.3 is 0 Å². The molecule has 0 aliphatic rings. The van der Waals surface area contributed by atoms with Crippen molar-refractivity contribution in [3.63, 3.8) is 0 Å². The van der Waals surface area contributed by atoms with Gasteiger partial charge in [0.2, 0.25) is 0 Å². The highest BCUT2D eigenvalue weighted by atomic mass is 14.8. The lowest BCUT2D eigenvalue weighted by molar-refractivity contribution is 0.727. The van der Waals surface area contributed by atoms with Crippen molar-refractivity contribution in [3.05, 3.63) is 42.2 Å². The predicted molar refractivity (Wildman–Crippen MR) is 64.0 cm³/mol. The van der Waals surface area contributed by atoms with Crippen LogP contribution in [-0.4, -0.2) is 18.6 Å². The highest BCUT2D eigenvalue weighted by Crippen LogP contribution is 2.18. The Morgan fingerprint density at radius 1 is 1.27 bits per heavy atom. The van der Waals surface area contributed by atoms with Crippen molar-refractivity contribution >= 4 is 10.8 Å². The summed E-state index contributed by atoms with van der Waals surface area (Å²) < 4.78 is 0. The van der Waals surface area contributed by atoms with Crippen LogP contribution >= 0.6 is 0 Å². The minimum absolute atomic E-state index is 1.07. The fraction of sp³-hybridized carbons (Fsp3) is 0.308. The molecule has 0 saturated carbocycles. The molecule has 2 rings (SSSR count). The molecule has 15 heavy (non-hydrogen) atoms. The first-order chi connectivity index (χ1) is 7.42. The molecule has 2 aromatic rings. The summed E-state index contributed by atoms with van der Waals surface area (Å²) in [5.41, 5.74) is 1.40. The molecule has 0 spiro atoms. The molecule has 0 aliphatic heterocycles. The third-order valence-corrected chi connectivity index (χ3v) is 2.65. The summed E-state index contributed by atoms with van der Waals surface area (Å²) in [6.07, 6.45) is 6.10. The van der Waals surface area contributed by atoms with Crippen LogP contribution in [-0.2, 0) is 6.42 Å². The zero-order valence-electron chi connectivity index (χ0n) is 9.03. The Bertz CT molecular complexity index is 432. The molecular formula is C13H16N2. The first-order valence-electron chi connectivity index (χ1n) is 5.38. The van der Waals surface area contributed by atoms with Crippen molar-refractivity contribution < 1.29 is 0 Å². The normalized spacial score (nSPS) is 10.7. The van der Waals surface area contributed by atoms with Gasteiger partial charge in [-0.2, -0.15) is 0 Å². The number of aromatic nitrogens is 1. The van der Waals surface area contributed by atoms with E-state index < -0.39 is 0 Å². The summed E-state index contributed by atoms with van der Waals surface area (Å²) in [5.74, 6) is 0. The average molecular weight is 200 g/mol. The number of hydrogen-bond donors (Lipinski definition) is 1. The van der Waals surface area contributed by atoms with Crippen LogP contribution in [0.25, 0.3) is 10.8 Å². The van der Waals surface area contributed by atoms with Gasteiger partial charge in [0.1, 0.15) is 0 Å². The summed E-state index contributed by atoms with van der Waals surface area (Å²) in [7, 11) is 1.99. The SMILES string of the molecule is CNCCCc1cccc2ccncc12. The maximum atomic E-state index is 4.19. The maximum Gasteiger partial charge on any atom is 0.0349 e. The van der Waals surface area contributed by atoms with Crippen molar-refractivity contribution in [2.75, 3.05) is 13.6 Å². The molecule has 1 heterocycles. The molecule has 1 aromatic carbocycles. The number of hydrogen-bond acceptors (Lipinski definition) is 2. The molecule has 2 nitrogen and oxygen atoms in total. The standard InChI is InChI=1S/C13H16N2/c1-14-8-3-6-11-4-2-5-12-7-9-15-10-13(11)12/h2,4-5,7,9-10,14H,3,6,8H2,1H3. The molecule has 0 saturated heterocycles. The van der Waals surface area contributed by atoms with Crippen molar-refractivity contribution in [2.45, 2.75) is 12.8 Å². The Kier molecular flexibility index (Phi) is 3.30. The summed E-state index contributed by atoms with van der Waals surface area (Å²) in [5, 5.41) is 5.74. The lowest BCUT2D eigenvalue weighted by Gasteiger charge is -2.05. The van der Waals surface area contributed by atoms with E-state index in [0.717, 1.165) is 13.0 Å². The van der Waals surface area contributed by atoms with Gasteiger partial charge in [-0.05, 0) is 43.5 Å². The number of fused-ring (bicyclic) bond motifs is 1. The summed E-state index contributed by atoms with van der Waals surface area (Å²) >= 11 is 0. The van der Waals surface area contributed by atoms with E-state index in [0.29, 0.717) is 0 Å². The second kappa shape index (κ2) is 4.89. The van der Waals surface area contributed by atoms with Gasteiger partial charge in [-0.3, -0.25) is 4.98 Å². The van der Waals surface area contributed by atoms with E-state index in [-0.39, 0.29) is 0 Å². The van der Waals surface area contributed by atoms with Crippen LogP contribution in [0.5, 0.6) is 0 Å². The van der Waals surface area contributed by atoms with Crippen LogP contribution in [0.3, 0.4) is 0 Å². The first kappa shape index (κ1) is 10.1. The molecule has 1 N–H and O–H groups in total. The molecule has 0 amide bonds. The highest BCUT2D eigenvalue weighted by Gasteiger charge is 1.99. The number of aryl methyl sites for hydroxylation is 1. The third kappa shape index (κ3) is 2.34. The van der Waals surface area contributed by atoms with Gasteiger partial charge in [0.25, 0.3) is 0 Å². The summed E-state index contributed by atoms with van der Waals surface area (Å²) in [6, 6.07) is 8.52. The lowest BCUT2D eigenvalue weighted by atomic mass is 10.0. The van der Waals surface area contributed by atoms with Gasteiger partial charge in [-0.25, -0.2) is 0 Å². The second-order valence-corrected chi connectivity index (χ2v) is 3.72. The topological polar surface area (TPSA) is 24.9 Å². The zero-order chi connectivity index (χ0) is 10.5. The minimum Gasteiger partial charge on any atom is -0.320 e. The fourth-order valence-electron chi connectivity index (χ4n) is 1.85. The minimum atomic E-state index is 1.07. The molecule has 78 valence electrons. The van der Waals surface area contributed by atoms with Crippen LogP contribution in [0.4, 0.5) is 0 Å². The predicted octanol–water partition coefficient (Wildman–Crippen LogP) is 2.39. The number of nitrogens with one attached hydrogen (secondary N) is 1. The number of nitrogens with zero attached hydrogens (tertiary/aromatic N) is 1. The molecular weight excluding hydrogens is 184 g/mol. The Balaban J connectivity index is 2.26. The Labute approximate surface area is 90.3 Å². The van der Waals surface area contributed by atoms with Crippen molar-refractivity contribution in [1.29, 1.82) is 0 Å². The largest absolute Gasteiger partial charge is 0.320 e. The molecule has 0 aliphatic carbocycles. The molecule has 1 aromatic heterocycles. The molecule has 2 heteroatoms. The van der Waals surface area contributed by atoms with E-state index in [2.05, 4.69) is 34.6 Å². The molecule has 0 atom stereocenters. The van der Waals surface area contributed by atoms with Crippen LogP contribution in [0.2, 0.25) is 0 Å². The fourth-order valence-corrected chi connectivity index (χ4v) is 1.85. The van der Waals surface area contributed by atoms with Crippen LogP contribution in [0.15, 0.2) is 36.7 Å². The van der Waals surface area contributed by atoms with Gasteiger partial charge in [0.15, 0.2) is 0 Å². The number of pyridine rings is 1. The summed E-state index contributed by atoms with van der Waals surface area (Å²) in [6.45, 7) is 1.07. The van der Waals surface area contributed by atoms with Crippen molar-refractivity contribution in [3.8, 4) is 0 Å². The van der Waals surface area contributed by atoms with Gasteiger partial charge < -0.3 is 5.32 Å². The lowest BCUT2D eigenvalue weighted by Crippen LogP contribution is -2.08. The molecule has 0 bridgehead atoms. The van der Waals surface area contributed by atoms with Crippen LogP contribution in [0, 0.1) is 0 Å². The van der Waals surface area contributed by atoms with E-state index in [4.69, 9.17) is 0 Å². The van der Waals surface area contributed by atoms with Gasteiger partial charge in [0, 0.05) is 17.8 Å². The van der Waals surface area contributed by atoms with Crippen LogP contribution in [0.1, 0.15) is 12.0 Å². The number of benzene rings is 1. The highest BCUT2D eigenvalue weighted by molar-refractivity contribution is 5.84. The van der Waals surface area contributed by atoms with Gasteiger partial charge in [-0.1, -0.05) is 18.2 Å². The first-order valence-corrected chi connectivity index (χ1v) is 5.38. The Morgan fingerprint density at radius 2 is 2.20 bits per heavy atom. The molecule has 0 unspecified atom stereocenters. The van der Waals surface area contributed by atoms with Crippen molar-refractivity contribution in [1.82, 2.24) is 10.3 Å². The van der Waals surface area contributed by atoms with Gasteiger partial charge in [0.05, 0.1) is 0 Å². The quantitative estimate of drug-likeness (QED) is 0.766. The summed E-state index contributed by atoms with van der Waals surface area (Å²) in [4.78, 5) is 4.19. The third-order valence-electron chi connectivity index (χ3n) is 2.65. The average Bonchev–Trinajstić information content (AvgIpc) is 2.30. The van der Waals surface area contributed by atoms with E-state index in [1.807, 2.05) is 19.4 Å². The Morgan fingerprint density at radius 3 is 3.07 bits per heavy atom. The van der Waals surface area contributed by atoms with E-state index in [1.54, 1.807) is 0 Å². The van der Waals surface area contributed by atoms with E-state index >= 15 is 0 Å².